The second-order valence-electron chi connectivity index (χ2n) is 29.6. The number of fused-ring (bicyclic) bond motifs is 6. The fourth-order valence-corrected chi connectivity index (χ4v) is 19.5. The Morgan fingerprint density at radius 2 is 1.23 bits per heavy atom. The summed E-state index contributed by atoms with van der Waals surface area (Å²) >= 11 is 0. The third kappa shape index (κ3) is 12.0. The minimum Gasteiger partial charge on any atom is -0.504 e. The molecule has 5 aromatic carbocycles. The van der Waals surface area contributed by atoms with Crippen molar-refractivity contribution in [2.45, 2.75) is 147 Å². The minimum absolute atomic E-state index is 0.0622. The standard InChI is InChI=1S/C20H21NO4.C18H21NO3.C17H21NO4.C17H19NO3.C10H14N2/c1-22-17-6-5-13(10-18(17)23-2)9-16-15-12-20(25-4)19(24-3)11-14(15)7-8-21-16;1-19-8-7-18-11-4-5-13(20)17(18)22-16-14(21-2)6-3-10(15(16)18)9-12(11)19;1-18-13-7-11(8-14(18)16-15(13)22-16)21-17(20)12(9-19)10-5-3-2-4-6-10;1-18-7-6-17-10-3-5-13(20)16(17)21-15-12(19)4-2-9(14(15)17)8-11(10)18;1-12-7-3-5-10(12)9-4-2-6-11-8-9/h5-8,10-12H,9H2,1-4H3;3-6,11-13,17,20H,7-9H2,1-2H3;2-6,11-16,19H,7-9H2,1H3;2-5,10-11,13,16,19-20H,6-8H2,1H3;2,4,6,8,10H,3,5,7H2,1H3/t;11-,12+,13-,17-,18-;11?,12-,13-,14+,15+,16-;10-,11+,13-,16-,17-;10-/m.0100/s1. The van der Waals surface area contributed by atoms with Gasteiger partial charge < -0.3 is 72.9 Å². The maximum absolute atomic E-state index is 12.4. The van der Waals surface area contributed by atoms with E-state index in [1.165, 1.54) is 47.2 Å². The maximum Gasteiger partial charge on any atom is 0.316 e. The summed E-state index contributed by atoms with van der Waals surface area (Å²) in [6.45, 7) is 3.06. The summed E-state index contributed by atoms with van der Waals surface area (Å²) in [4.78, 5) is 30.8. The highest BCUT2D eigenvalue weighted by Gasteiger charge is 2.66. The maximum atomic E-state index is 12.4. The molecule has 8 aliphatic heterocycles. The van der Waals surface area contributed by atoms with Crippen LogP contribution in [-0.2, 0) is 44.4 Å². The van der Waals surface area contributed by atoms with Gasteiger partial charge in [-0.25, -0.2) is 0 Å². The van der Waals surface area contributed by atoms with Gasteiger partial charge in [-0.15, -0.1) is 0 Å². The van der Waals surface area contributed by atoms with Crippen LogP contribution in [0.25, 0.3) is 10.8 Å². The summed E-state index contributed by atoms with van der Waals surface area (Å²) in [5.41, 5.74) is 9.11. The number of phenolic OH excluding ortho intramolecular Hbond substituents is 1. The number of morpholine rings is 1. The summed E-state index contributed by atoms with van der Waals surface area (Å²) < 4.78 is 50.8. The van der Waals surface area contributed by atoms with Gasteiger partial charge in [-0.1, -0.05) is 78.9 Å². The van der Waals surface area contributed by atoms with Crippen LogP contribution < -0.4 is 33.2 Å². The lowest BCUT2D eigenvalue weighted by Crippen LogP contribution is -2.64. The van der Waals surface area contributed by atoms with Gasteiger partial charge >= 0.3 is 5.97 Å². The van der Waals surface area contributed by atoms with E-state index in [0.29, 0.717) is 89.4 Å². The molecule has 20 nitrogen and oxygen atoms in total. The van der Waals surface area contributed by atoms with Crippen LogP contribution in [0.2, 0.25) is 0 Å². The molecular formula is C82H96N6O14. The number of likely N-dealkylation sites (N-methyl/N-ethyl adjacent to an activating group) is 3. The summed E-state index contributed by atoms with van der Waals surface area (Å²) in [6.07, 6.45) is 21.9. The van der Waals surface area contributed by atoms with Crippen LogP contribution in [0.1, 0.15) is 95.1 Å². The Morgan fingerprint density at radius 3 is 1.82 bits per heavy atom. The largest absolute Gasteiger partial charge is 0.504 e. The zero-order chi connectivity index (χ0) is 70.9. The zero-order valence-corrected chi connectivity index (χ0v) is 59.8. The molecule has 2 spiro atoms. The number of pyridine rings is 2. The molecule has 6 bridgehead atoms. The molecule has 6 saturated heterocycles. The molecule has 0 amide bonds. The number of esters is 1. The van der Waals surface area contributed by atoms with Crippen molar-refractivity contribution in [2.24, 2.45) is 11.8 Å². The Hall–Kier alpha value is -8.31. The van der Waals surface area contributed by atoms with Crippen molar-refractivity contribution < 1.29 is 67.9 Å². The molecule has 6 fully saturated rings. The van der Waals surface area contributed by atoms with E-state index in [-0.39, 0.29) is 47.5 Å². The van der Waals surface area contributed by atoms with Gasteiger partial charge in [0, 0.05) is 107 Å². The number of nitrogens with zero attached hydrogens (tertiary/aromatic N) is 6. The predicted molar refractivity (Wildman–Crippen MR) is 385 cm³/mol. The number of aromatic hydroxyl groups is 1. The summed E-state index contributed by atoms with van der Waals surface area (Å²) in [5, 5.41) is 42.9. The summed E-state index contributed by atoms with van der Waals surface area (Å²) in [6, 6.07) is 35.6. The Morgan fingerprint density at radius 1 is 0.627 bits per heavy atom. The molecule has 20 heteroatoms. The van der Waals surface area contributed by atoms with E-state index < -0.39 is 18.1 Å². The fourth-order valence-electron chi connectivity index (χ4n) is 19.5. The predicted octanol–water partition coefficient (Wildman–Crippen LogP) is 9.33. The number of aliphatic hydroxyl groups is 3. The molecule has 538 valence electrons. The van der Waals surface area contributed by atoms with Crippen LogP contribution in [0.3, 0.4) is 0 Å². The molecule has 4 N–H and O–H groups in total. The first-order valence-corrected chi connectivity index (χ1v) is 36.1. The fraction of sp³-hybridized carbons (Fsp3) is 0.476. The number of epoxide rings is 1. The summed E-state index contributed by atoms with van der Waals surface area (Å²) in [5.74, 6) is 5.18. The van der Waals surface area contributed by atoms with Gasteiger partial charge in [0.05, 0.1) is 47.8 Å². The minimum atomic E-state index is -0.594. The van der Waals surface area contributed by atoms with Gasteiger partial charge in [0.2, 0.25) is 0 Å². The Labute approximate surface area is 597 Å². The zero-order valence-electron chi connectivity index (χ0n) is 59.8. The lowest BCUT2D eigenvalue weighted by atomic mass is 9.53. The monoisotopic (exact) mass is 1390 g/mol. The van der Waals surface area contributed by atoms with Crippen LogP contribution in [0.4, 0.5) is 0 Å². The number of phenols is 1. The molecule has 19 rings (SSSR count). The number of likely N-dealkylation sites (tertiary alicyclic amines) is 3. The molecule has 4 aliphatic carbocycles. The molecular weight excluding hydrogens is 1290 g/mol. The number of rotatable bonds is 12. The van der Waals surface area contributed by atoms with E-state index in [1.54, 1.807) is 41.6 Å². The number of ether oxygens (including phenoxy) is 9. The van der Waals surface area contributed by atoms with Gasteiger partial charge in [-0.05, 0) is 168 Å². The van der Waals surface area contributed by atoms with E-state index in [9.17, 15) is 25.2 Å². The van der Waals surface area contributed by atoms with Gasteiger partial charge in [-0.3, -0.25) is 24.6 Å². The number of aliphatic hydroxyl groups excluding tert-OH is 3. The van der Waals surface area contributed by atoms with Crippen LogP contribution in [0.15, 0.2) is 146 Å². The number of aromatic nitrogens is 2. The lowest BCUT2D eigenvalue weighted by molar-refractivity contribution is -0.156. The second kappa shape index (κ2) is 28.4. The Kier molecular flexibility index (Phi) is 19.3. The van der Waals surface area contributed by atoms with E-state index >= 15 is 0 Å². The lowest BCUT2D eigenvalue weighted by Gasteiger charge is -2.56. The molecule has 1 unspecified atom stereocenters. The van der Waals surface area contributed by atoms with Crippen molar-refractivity contribution in [2.75, 3.05) is 90.0 Å². The van der Waals surface area contributed by atoms with Gasteiger partial charge in [0.25, 0.3) is 0 Å². The number of carbonyl (C=O) groups excluding carboxylic acids is 1. The SMILES string of the molecule is CN1CCC[C@H]1c1cccnc1.CN1CC[C@]23c4c5ccc(O)c4O[C@H]2[C@@H](O)C=C[C@H]3[C@H]1C5.CN1[C@@H]2CC(OC(=O)[C@H](CO)c3ccccc3)C[C@H]1[C@H]1O[C@H]12.COc1ccc(Cc2nccc3cc(OC)c(OC)cc23)cc1OC.COc1ccc2c3c1O[C@H]1[C@@H](O)C=C[C@H]4[C@@H](C2)N(C)CC[C@@]341. The molecule has 0 saturated carbocycles. The quantitative estimate of drug-likeness (QED) is 0.0508. The molecule has 102 heavy (non-hydrogen) atoms. The highest BCUT2D eigenvalue weighted by molar-refractivity contribution is 5.88. The normalized spacial score (nSPS) is 31.2. The van der Waals surface area contributed by atoms with Crippen molar-refractivity contribution in [3.05, 3.63) is 191 Å². The number of carbonyl (C=O) groups is 1. The number of hydrogen-bond acceptors (Lipinski definition) is 20. The third-order valence-corrected chi connectivity index (χ3v) is 24.6. The van der Waals surface area contributed by atoms with E-state index in [1.807, 2.05) is 116 Å². The average Bonchev–Trinajstić information content (AvgIpc) is 1.48. The number of methoxy groups -OCH3 is 5. The topological polar surface area (TPSA) is 223 Å². The van der Waals surface area contributed by atoms with Crippen LogP contribution in [0, 0.1) is 11.8 Å². The van der Waals surface area contributed by atoms with Crippen molar-refractivity contribution in [3.8, 4) is 46.0 Å². The smallest absolute Gasteiger partial charge is 0.316 e. The highest BCUT2D eigenvalue weighted by atomic mass is 16.6. The Balaban J connectivity index is 0.000000104. The number of benzene rings is 5. The van der Waals surface area contributed by atoms with Gasteiger partial charge in [0.1, 0.15) is 48.6 Å². The first-order chi connectivity index (χ1) is 49.5. The van der Waals surface area contributed by atoms with E-state index in [0.717, 1.165) is 90.7 Å². The summed E-state index contributed by atoms with van der Waals surface area (Å²) in [7, 11) is 16.9. The van der Waals surface area contributed by atoms with E-state index in [2.05, 4.69) is 82.0 Å². The van der Waals surface area contributed by atoms with Crippen molar-refractivity contribution in [3.63, 3.8) is 0 Å². The van der Waals surface area contributed by atoms with Crippen LogP contribution >= 0.6 is 0 Å². The van der Waals surface area contributed by atoms with Crippen molar-refractivity contribution in [1.29, 1.82) is 0 Å². The molecule has 0 radical (unpaired) electrons. The molecule has 7 aromatic rings. The molecule has 10 heterocycles. The molecule has 17 atom stereocenters. The first-order valence-electron chi connectivity index (χ1n) is 36.1. The van der Waals surface area contributed by atoms with Crippen molar-refractivity contribution in [1.82, 2.24) is 29.6 Å². The van der Waals surface area contributed by atoms with Crippen LogP contribution in [0.5, 0.6) is 46.0 Å². The van der Waals surface area contributed by atoms with Crippen LogP contribution in [-0.4, -0.2) is 213 Å². The molecule has 2 aromatic heterocycles. The first kappa shape index (κ1) is 69.4. The van der Waals surface area contributed by atoms with Crippen molar-refractivity contribution >= 4 is 16.7 Å². The number of hydrogen-bond donors (Lipinski definition) is 4. The third-order valence-electron chi connectivity index (χ3n) is 24.6. The highest BCUT2D eigenvalue weighted by Crippen LogP contribution is 2.64. The van der Waals surface area contributed by atoms with Gasteiger partial charge in [0.15, 0.2) is 46.0 Å². The average molecular weight is 1390 g/mol. The second-order valence-corrected chi connectivity index (χ2v) is 29.6. The number of piperidine rings is 3. The molecule has 12 aliphatic rings. The Bertz CT molecular complexity index is 4260. The van der Waals surface area contributed by atoms with Gasteiger partial charge in [-0.2, -0.15) is 0 Å². The van der Waals surface area contributed by atoms with E-state index in [4.69, 9.17) is 42.6 Å².